The molecule has 0 radical (unpaired) electrons. The first kappa shape index (κ1) is 15.3. The van der Waals surface area contributed by atoms with Gasteiger partial charge in [-0.05, 0) is 19.8 Å². The number of urea groups is 1. The molecule has 2 aliphatic rings. The molecule has 122 valence electrons. The van der Waals surface area contributed by atoms with Crippen LogP contribution in [0.2, 0.25) is 0 Å². The molecule has 0 aromatic carbocycles. The zero-order valence-corrected chi connectivity index (χ0v) is 13.1. The highest BCUT2D eigenvalue weighted by Gasteiger charge is 2.23. The minimum Gasteiger partial charge on any atom is -0.376 e. The predicted molar refractivity (Wildman–Crippen MR) is 80.5 cm³/mol. The number of carbonyl (C=O) groups excluding carboxylic acids is 1. The van der Waals surface area contributed by atoms with Gasteiger partial charge in [0.05, 0.1) is 18.3 Å². The van der Waals surface area contributed by atoms with Crippen molar-refractivity contribution >= 4 is 6.03 Å². The molecule has 0 saturated carbocycles. The van der Waals surface area contributed by atoms with E-state index in [0.717, 1.165) is 63.6 Å². The van der Waals surface area contributed by atoms with Gasteiger partial charge in [0.1, 0.15) is 0 Å². The van der Waals surface area contributed by atoms with Crippen LogP contribution in [0.25, 0.3) is 0 Å². The Kier molecular flexibility index (Phi) is 4.94. The van der Waals surface area contributed by atoms with Crippen molar-refractivity contribution in [2.24, 2.45) is 0 Å². The van der Waals surface area contributed by atoms with E-state index >= 15 is 0 Å². The molecule has 2 fully saturated rings. The van der Waals surface area contributed by atoms with Gasteiger partial charge in [-0.15, -0.1) is 0 Å². The lowest BCUT2D eigenvalue weighted by Crippen LogP contribution is -2.52. The van der Waals surface area contributed by atoms with Gasteiger partial charge < -0.3 is 19.5 Å². The van der Waals surface area contributed by atoms with E-state index in [4.69, 9.17) is 9.26 Å². The summed E-state index contributed by atoms with van der Waals surface area (Å²) in [6.45, 7) is 7.31. The fourth-order valence-electron chi connectivity index (χ4n) is 2.94. The molecule has 0 aliphatic carbocycles. The number of aromatic nitrogens is 1. The first-order chi connectivity index (χ1) is 10.7. The van der Waals surface area contributed by atoms with Gasteiger partial charge in [0.2, 0.25) is 0 Å². The molecule has 1 aromatic rings. The summed E-state index contributed by atoms with van der Waals surface area (Å²) >= 11 is 0. The second-order valence-corrected chi connectivity index (χ2v) is 6.02. The SMILES string of the molecule is Cc1cc(CN2CCN(C(=O)NC[C@H]3CCCO3)CC2)on1. The molecule has 2 saturated heterocycles. The number of amides is 2. The van der Waals surface area contributed by atoms with E-state index in [9.17, 15) is 4.79 Å². The van der Waals surface area contributed by atoms with Gasteiger partial charge in [-0.25, -0.2) is 4.79 Å². The van der Waals surface area contributed by atoms with Crippen molar-refractivity contribution in [2.75, 3.05) is 39.3 Å². The highest BCUT2D eigenvalue weighted by molar-refractivity contribution is 5.74. The van der Waals surface area contributed by atoms with Crippen LogP contribution in [-0.2, 0) is 11.3 Å². The molecule has 1 N–H and O–H groups in total. The lowest BCUT2D eigenvalue weighted by molar-refractivity contribution is 0.102. The summed E-state index contributed by atoms with van der Waals surface area (Å²) in [6.07, 6.45) is 2.34. The van der Waals surface area contributed by atoms with E-state index in [0.29, 0.717) is 6.54 Å². The van der Waals surface area contributed by atoms with Gasteiger partial charge in [-0.1, -0.05) is 5.16 Å². The second kappa shape index (κ2) is 7.11. The van der Waals surface area contributed by atoms with Crippen LogP contribution >= 0.6 is 0 Å². The Hall–Kier alpha value is -1.60. The van der Waals surface area contributed by atoms with Crippen molar-refractivity contribution in [3.05, 3.63) is 17.5 Å². The number of carbonyl (C=O) groups is 1. The van der Waals surface area contributed by atoms with Crippen molar-refractivity contribution in [1.29, 1.82) is 0 Å². The summed E-state index contributed by atoms with van der Waals surface area (Å²) in [4.78, 5) is 16.3. The smallest absolute Gasteiger partial charge is 0.317 e. The summed E-state index contributed by atoms with van der Waals surface area (Å²) in [5.41, 5.74) is 0.905. The first-order valence-electron chi connectivity index (χ1n) is 7.99. The van der Waals surface area contributed by atoms with Gasteiger partial charge in [0.15, 0.2) is 5.76 Å². The summed E-state index contributed by atoms with van der Waals surface area (Å²) in [5.74, 6) is 0.883. The molecule has 3 heterocycles. The summed E-state index contributed by atoms with van der Waals surface area (Å²) in [7, 11) is 0. The van der Waals surface area contributed by atoms with E-state index in [1.165, 1.54) is 0 Å². The maximum atomic E-state index is 12.1. The van der Waals surface area contributed by atoms with Crippen LogP contribution in [0.5, 0.6) is 0 Å². The van der Waals surface area contributed by atoms with Gasteiger partial charge in [-0.3, -0.25) is 4.90 Å². The fraction of sp³-hybridized carbons (Fsp3) is 0.733. The third kappa shape index (κ3) is 3.98. The molecule has 22 heavy (non-hydrogen) atoms. The highest BCUT2D eigenvalue weighted by atomic mass is 16.5. The van der Waals surface area contributed by atoms with Crippen LogP contribution in [0.4, 0.5) is 4.79 Å². The number of ether oxygens (including phenoxy) is 1. The Morgan fingerprint density at radius 1 is 1.41 bits per heavy atom. The zero-order chi connectivity index (χ0) is 15.4. The second-order valence-electron chi connectivity index (χ2n) is 6.02. The van der Waals surface area contributed by atoms with Gasteiger partial charge in [0.25, 0.3) is 0 Å². The number of nitrogens with one attached hydrogen (secondary N) is 1. The number of rotatable bonds is 4. The van der Waals surface area contributed by atoms with Crippen molar-refractivity contribution in [3.8, 4) is 0 Å². The van der Waals surface area contributed by atoms with Crippen molar-refractivity contribution in [2.45, 2.75) is 32.4 Å². The van der Waals surface area contributed by atoms with Crippen molar-refractivity contribution < 1.29 is 14.1 Å². The minimum atomic E-state index is 0.0191. The average Bonchev–Trinajstić information content (AvgIpc) is 3.17. The molecule has 1 aromatic heterocycles. The molecule has 0 spiro atoms. The van der Waals surface area contributed by atoms with Crippen LogP contribution in [0.1, 0.15) is 24.3 Å². The number of piperazine rings is 1. The number of hydrogen-bond acceptors (Lipinski definition) is 5. The van der Waals surface area contributed by atoms with E-state index in [1.807, 2.05) is 17.9 Å². The van der Waals surface area contributed by atoms with Crippen LogP contribution in [0.15, 0.2) is 10.6 Å². The van der Waals surface area contributed by atoms with Gasteiger partial charge >= 0.3 is 6.03 Å². The number of hydrogen-bond donors (Lipinski definition) is 1. The van der Waals surface area contributed by atoms with E-state index in [2.05, 4.69) is 15.4 Å². The topological polar surface area (TPSA) is 70.8 Å². The minimum absolute atomic E-state index is 0.0191. The molecular weight excluding hydrogens is 284 g/mol. The van der Waals surface area contributed by atoms with Crippen molar-refractivity contribution in [3.63, 3.8) is 0 Å². The monoisotopic (exact) mass is 308 g/mol. The Balaban J connectivity index is 1.38. The van der Waals surface area contributed by atoms with E-state index < -0.39 is 0 Å². The summed E-state index contributed by atoms with van der Waals surface area (Å²) < 4.78 is 10.8. The van der Waals surface area contributed by atoms with E-state index in [1.54, 1.807) is 0 Å². The molecule has 3 rings (SSSR count). The molecule has 7 nitrogen and oxygen atoms in total. The molecule has 1 atom stereocenters. The highest BCUT2D eigenvalue weighted by Crippen LogP contribution is 2.12. The zero-order valence-electron chi connectivity index (χ0n) is 13.1. The third-order valence-electron chi connectivity index (χ3n) is 4.22. The Bertz CT molecular complexity index is 491. The van der Waals surface area contributed by atoms with Crippen LogP contribution in [0, 0.1) is 6.92 Å². The molecule has 0 unspecified atom stereocenters. The van der Waals surface area contributed by atoms with Gasteiger partial charge in [0, 0.05) is 45.4 Å². The number of nitrogens with zero attached hydrogens (tertiary/aromatic N) is 3. The van der Waals surface area contributed by atoms with Crippen LogP contribution in [0.3, 0.4) is 0 Å². The summed E-state index contributed by atoms with van der Waals surface area (Å²) in [5, 5.41) is 6.88. The lowest BCUT2D eigenvalue weighted by atomic mass is 10.2. The quantitative estimate of drug-likeness (QED) is 0.898. The normalized spacial score (nSPS) is 23.0. The Labute approximate surface area is 130 Å². The average molecular weight is 308 g/mol. The fourth-order valence-corrected chi connectivity index (χ4v) is 2.94. The van der Waals surface area contributed by atoms with Crippen molar-refractivity contribution in [1.82, 2.24) is 20.3 Å². The van der Waals surface area contributed by atoms with Crippen LogP contribution < -0.4 is 5.32 Å². The Morgan fingerprint density at radius 3 is 2.86 bits per heavy atom. The molecule has 2 amide bonds. The summed E-state index contributed by atoms with van der Waals surface area (Å²) in [6, 6.07) is 1.98. The third-order valence-corrected chi connectivity index (χ3v) is 4.22. The molecular formula is C15H24N4O3. The maximum absolute atomic E-state index is 12.1. The molecule has 7 heteroatoms. The van der Waals surface area contributed by atoms with Gasteiger partial charge in [-0.2, -0.15) is 0 Å². The predicted octanol–water partition coefficient (Wildman–Crippen LogP) is 0.989. The molecule has 2 aliphatic heterocycles. The molecule has 0 bridgehead atoms. The standard InChI is InChI=1S/C15H24N4O3/c1-12-9-14(22-17-12)11-18-4-6-19(7-5-18)15(20)16-10-13-3-2-8-21-13/h9,13H,2-8,10-11H2,1H3,(H,16,20)/t13-/m1/s1. The first-order valence-corrected chi connectivity index (χ1v) is 7.99. The number of aryl methyl sites for hydroxylation is 1. The lowest BCUT2D eigenvalue weighted by Gasteiger charge is -2.34. The van der Waals surface area contributed by atoms with E-state index in [-0.39, 0.29) is 12.1 Å². The largest absolute Gasteiger partial charge is 0.376 e. The Morgan fingerprint density at radius 2 is 2.23 bits per heavy atom. The maximum Gasteiger partial charge on any atom is 0.317 e. The van der Waals surface area contributed by atoms with Crippen LogP contribution in [-0.4, -0.2) is 66.4 Å².